The van der Waals surface area contributed by atoms with Crippen LogP contribution in [0.1, 0.15) is 63.2 Å². The van der Waals surface area contributed by atoms with E-state index in [-0.39, 0.29) is 23.8 Å². The van der Waals surface area contributed by atoms with Crippen LogP contribution in [0.2, 0.25) is 0 Å². The van der Waals surface area contributed by atoms with Crippen LogP contribution in [-0.2, 0) is 11.3 Å². The van der Waals surface area contributed by atoms with Gasteiger partial charge in [-0.3, -0.25) is 14.4 Å². The minimum absolute atomic E-state index is 0.0467. The zero-order valence-electron chi connectivity index (χ0n) is 20.0. The standard InChI is InChI=1S/C29H29N3O3/c1-19-9-13-22(14-10-19)20(2)30-27(33)23-15-11-21(12-16-23)18-32-25-7-4-3-6-24(25)28(34)31-17-5-8-26(31)29(32)35/h3-4,6-7,9-16,20,26H,5,8,17-18H2,1-2H3,(H,30,33). The number of nitrogens with one attached hydrogen (secondary N) is 1. The Morgan fingerprint density at radius 2 is 1.71 bits per heavy atom. The van der Waals surface area contributed by atoms with E-state index in [2.05, 4.69) is 5.32 Å². The van der Waals surface area contributed by atoms with Crippen molar-refractivity contribution in [2.24, 2.45) is 0 Å². The fourth-order valence-corrected chi connectivity index (χ4v) is 4.94. The van der Waals surface area contributed by atoms with Crippen LogP contribution in [-0.4, -0.2) is 35.2 Å². The summed E-state index contributed by atoms with van der Waals surface area (Å²) in [4.78, 5) is 42.8. The van der Waals surface area contributed by atoms with Crippen molar-refractivity contribution in [1.29, 1.82) is 0 Å². The SMILES string of the molecule is Cc1ccc(C(C)NC(=O)c2ccc(CN3C(=O)C4CCCN4C(=O)c4ccccc43)cc2)cc1. The van der Waals surface area contributed by atoms with Crippen LogP contribution in [0.3, 0.4) is 0 Å². The molecule has 1 fully saturated rings. The molecule has 2 heterocycles. The van der Waals surface area contributed by atoms with Gasteiger partial charge in [-0.15, -0.1) is 0 Å². The summed E-state index contributed by atoms with van der Waals surface area (Å²) in [5.41, 5.74) is 4.90. The maximum Gasteiger partial charge on any atom is 0.256 e. The van der Waals surface area contributed by atoms with Gasteiger partial charge in [0.1, 0.15) is 6.04 Å². The number of benzene rings is 3. The van der Waals surface area contributed by atoms with E-state index in [0.717, 1.165) is 17.5 Å². The van der Waals surface area contributed by atoms with Crippen molar-refractivity contribution in [3.05, 3.63) is 101 Å². The van der Waals surface area contributed by atoms with Crippen molar-refractivity contribution >= 4 is 23.4 Å². The molecule has 0 aliphatic carbocycles. The second-order valence-electron chi connectivity index (χ2n) is 9.40. The molecule has 2 aliphatic heterocycles. The first kappa shape index (κ1) is 22.8. The molecule has 178 valence electrons. The molecule has 0 saturated carbocycles. The third kappa shape index (κ3) is 4.44. The molecule has 6 heteroatoms. The van der Waals surface area contributed by atoms with E-state index in [1.807, 2.05) is 68.4 Å². The van der Waals surface area contributed by atoms with Crippen molar-refractivity contribution in [2.45, 2.75) is 45.3 Å². The zero-order valence-corrected chi connectivity index (χ0v) is 20.0. The van der Waals surface area contributed by atoms with Gasteiger partial charge in [0, 0.05) is 12.1 Å². The molecule has 1 saturated heterocycles. The van der Waals surface area contributed by atoms with Crippen molar-refractivity contribution in [3.8, 4) is 0 Å². The second kappa shape index (κ2) is 9.37. The minimum atomic E-state index is -0.414. The molecule has 1 N–H and O–H groups in total. The lowest BCUT2D eigenvalue weighted by Gasteiger charge is -2.26. The summed E-state index contributed by atoms with van der Waals surface area (Å²) in [5.74, 6) is -0.267. The fraction of sp³-hybridized carbons (Fsp3) is 0.276. The molecule has 0 bridgehead atoms. The maximum absolute atomic E-state index is 13.5. The Labute approximate surface area is 205 Å². The molecule has 3 amide bonds. The van der Waals surface area contributed by atoms with Gasteiger partial charge in [0.2, 0.25) is 5.91 Å². The minimum Gasteiger partial charge on any atom is -0.346 e. The summed E-state index contributed by atoms with van der Waals surface area (Å²) in [7, 11) is 0. The van der Waals surface area contributed by atoms with Crippen LogP contribution >= 0.6 is 0 Å². The maximum atomic E-state index is 13.5. The highest BCUT2D eigenvalue weighted by Gasteiger charge is 2.41. The predicted molar refractivity (Wildman–Crippen MR) is 135 cm³/mol. The van der Waals surface area contributed by atoms with E-state index in [9.17, 15) is 14.4 Å². The van der Waals surface area contributed by atoms with Crippen LogP contribution < -0.4 is 10.2 Å². The number of anilines is 1. The number of carbonyl (C=O) groups is 3. The first-order chi connectivity index (χ1) is 16.9. The summed E-state index contributed by atoms with van der Waals surface area (Å²) in [6.07, 6.45) is 1.52. The second-order valence-corrected chi connectivity index (χ2v) is 9.40. The van der Waals surface area contributed by atoms with Gasteiger partial charge in [0.05, 0.1) is 23.8 Å². The van der Waals surface area contributed by atoms with E-state index in [0.29, 0.717) is 36.3 Å². The number of hydrogen-bond acceptors (Lipinski definition) is 3. The number of aryl methyl sites for hydroxylation is 1. The first-order valence-corrected chi connectivity index (χ1v) is 12.1. The Balaban J connectivity index is 1.33. The molecule has 2 atom stereocenters. The number of nitrogens with zero attached hydrogens (tertiary/aromatic N) is 2. The quantitative estimate of drug-likeness (QED) is 0.595. The molecule has 0 spiro atoms. The largest absolute Gasteiger partial charge is 0.346 e. The predicted octanol–water partition coefficient (Wildman–Crippen LogP) is 4.64. The van der Waals surface area contributed by atoms with Crippen LogP contribution in [0, 0.1) is 6.92 Å². The topological polar surface area (TPSA) is 69.7 Å². The highest BCUT2D eigenvalue weighted by molar-refractivity contribution is 6.11. The molecular weight excluding hydrogens is 438 g/mol. The van der Waals surface area contributed by atoms with Gasteiger partial charge in [-0.1, -0.05) is 54.1 Å². The van der Waals surface area contributed by atoms with Crippen LogP contribution in [0.25, 0.3) is 0 Å². The van der Waals surface area contributed by atoms with Gasteiger partial charge in [-0.05, 0) is 62.1 Å². The monoisotopic (exact) mass is 467 g/mol. The lowest BCUT2D eigenvalue weighted by atomic mass is 10.1. The van der Waals surface area contributed by atoms with Crippen molar-refractivity contribution < 1.29 is 14.4 Å². The Morgan fingerprint density at radius 3 is 2.46 bits per heavy atom. The number of hydrogen-bond donors (Lipinski definition) is 1. The van der Waals surface area contributed by atoms with E-state index in [1.165, 1.54) is 5.56 Å². The van der Waals surface area contributed by atoms with Gasteiger partial charge in [0.15, 0.2) is 0 Å². The number of fused-ring (bicyclic) bond motifs is 2. The van der Waals surface area contributed by atoms with Crippen LogP contribution in [0.4, 0.5) is 5.69 Å². The zero-order chi connectivity index (χ0) is 24.5. The van der Waals surface area contributed by atoms with Gasteiger partial charge in [-0.2, -0.15) is 0 Å². The van der Waals surface area contributed by atoms with Gasteiger partial charge < -0.3 is 15.1 Å². The molecular formula is C29H29N3O3. The Hall–Kier alpha value is -3.93. The molecule has 3 aromatic rings. The average Bonchev–Trinajstić information content (AvgIpc) is 3.35. The lowest BCUT2D eigenvalue weighted by molar-refractivity contribution is -0.122. The molecule has 2 unspecified atom stereocenters. The molecule has 0 radical (unpaired) electrons. The Bertz CT molecular complexity index is 1270. The number of amides is 3. The molecule has 0 aromatic heterocycles. The summed E-state index contributed by atoms with van der Waals surface area (Å²) in [5, 5.41) is 3.04. The summed E-state index contributed by atoms with van der Waals surface area (Å²) in [6, 6.07) is 22.2. The molecule has 6 nitrogen and oxygen atoms in total. The smallest absolute Gasteiger partial charge is 0.256 e. The normalized spacial score (nSPS) is 18.1. The van der Waals surface area contributed by atoms with Gasteiger partial charge >= 0.3 is 0 Å². The summed E-state index contributed by atoms with van der Waals surface area (Å²) >= 11 is 0. The Morgan fingerprint density at radius 1 is 1.00 bits per heavy atom. The lowest BCUT2D eigenvalue weighted by Crippen LogP contribution is -2.44. The van der Waals surface area contributed by atoms with E-state index >= 15 is 0 Å². The van der Waals surface area contributed by atoms with E-state index in [1.54, 1.807) is 28.0 Å². The molecule has 3 aromatic carbocycles. The van der Waals surface area contributed by atoms with Crippen LogP contribution in [0.15, 0.2) is 72.8 Å². The molecule has 35 heavy (non-hydrogen) atoms. The average molecular weight is 468 g/mol. The number of rotatable bonds is 5. The van der Waals surface area contributed by atoms with Crippen LogP contribution in [0.5, 0.6) is 0 Å². The molecule has 2 aliphatic rings. The van der Waals surface area contributed by atoms with Crippen molar-refractivity contribution in [2.75, 3.05) is 11.4 Å². The first-order valence-electron chi connectivity index (χ1n) is 12.1. The highest BCUT2D eigenvalue weighted by atomic mass is 16.2. The van der Waals surface area contributed by atoms with E-state index < -0.39 is 6.04 Å². The fourth-order valence-electron chi connectivity index (χ4n) is 4.94. The third-order valence-corrected chi connectivity index (χ3v) is 6.97. The Kier molecular flexibility index (Phi) is 6.12. The van der Waals surface area contributed by atoms with Gasteiger partial charge in [0.25, 0.3) is 11.8 Å². The highest BCUT2D eigenvalue weighted by Crippen LogP contribution is 2.33. The number of para-hydroxylation sites is 1. The summed E-state index contributed by atoms with van der Waals surface area (Å²) < 4.78 is 0. The van der Waals surface area contributed by atoms with Crippen molar-refractivity contribution in [3.63, 3.8) is 0 Å². The summed E-state index contributed by atoms with van der Waals surface area (Å²) in [6.45, 7) is 4.96. The third-order valence-electron chi connectivity index (χ3n) is 6.97. The van der Waals surface area contributed by atoms with Gasteiger partial charge in [-0.25, -0.2) is 0 Å². The molecule has 5 rings (SSSR count). The van der Waals surface area contributed by atoms with Crippen molar-refractivity contribution in [1.82, 2.24) is 10.2 Å². The number of carbonyl (C=O) groups excluding carboxylic acids is 3. The van der Waals surface area contributed by atoms with E-state index in [4.69, 9.17) is 0 Å².